The van der Waals surface area contributed by atoms with E-state index in [0.717, 1.165) is 18.4 Å². The van der Waals surface area contributed by atoms with Crippen molar-refractivity contribution in [1.82, 2.24) is 15.1 Å². The average molecular weight is 462 g/mol. The van der Waals surface area contributed by atoms with Gasteiger partial charge in [0.15, 0.2) is 0 Å². The standard InChI is InChI=1S/C24H32FN3O3S/c1-5-11-27(23(30)26-24(2,3)4)15-22(29)28-12-9-21-19(10-13-32-21)20(28)16-31-18-8-6-7-17(25)14-18/h6-8,10,13-14,20H,5,9,11-12,15-16H2,1-4H3,(H,26,30). The van der Waals surface area contributed by atoms with Crippen molar-refractivity contribution in [3.8, 4) is 5.75 Å². The quantitative estimate of drug-likeness (QED) is 0.655. The number of fused-ring (bicyclic) bond motifs is 1. The van der Waals surface area contributed by atoms with Crippen LogP contribution in [-0.4, -0.2) is 53.5 Å². The number of hydrogen-bond acceptors (Lipinski definition) is 4. The van der Waals surface area contributed by atoms with Crippen molar-refractivity contribution < 1.29 is 18.7 Å². The van der Waals surface area contributed by atoms with Crippen LogP contribution in [0.4, 0.5) is 9.18 Å². The molecule has 0 spiro atoms. The van der Waals surface area contributed by atoms with Gasteiger partial charge < -0.3 is 19.9 Å². The Kier molecular flexibility index (Phi) is 7.77. The molecule has 174 valence electrons. The van der Waals surface area contributed by atoms with E-state index in [0.29, 0.717) is 18.8 Å². The number of carbonyl (C=O) groups is 2. The number of rotatable bonds is 7. The van der Waals surface area contributed by atoms with Gasteiger partial charge in [-0.05, 0) is 62.8 Å². The molecule has 1 atom stereocenters. The van der Waals surface area contributed by atoms with Crippen LogP contribution in [0, 0.1) is 5.82 Å². The minimum atomic E-state index is -0.385. The van der Waals surface area contributed by atoms with Crippen molar-refractivity contribution in [1.29, 1.82) is 0 Å². The third-order valence-corrected chi connectivity index (χ3v) is 6.20. The van der Waals surface area contributed by atoms with E-state index in [9.17, 15) is 14.0 Å². The van der Waals surface area contributed by atoms with E-state index in [4.69, 9.17) is 4.74 Å². The molecule has 0 saturated heterocycles. The molecule has 2 aromatic rings. The molecular weight excluding hydrogens is 429 g/mol. The number of ether oxygens (including phenoxy) is 1. The lowest BCUT2D eigenvalue weighted by Gasteiger charge is -2.37. The Morgan fingerprint density at radius 1 is 1.31 bits per heavy atom. The molecule has 1 aromatic carbocycles. The number of urea groups is 1. The van der Waals surface area contributed by atoms with Gasteiger partial charge in [0, 0.05) is 29.6 Å². The number of hydrogen-bond donors (Lipinski definition) is 1. The van der Waals surface area contributed by atoms with Gasteiger partial charge in [0.25, 0.3) is 0 Å². The van der Waals surface area contributed by atoms with Gasteiger partial charge in [-0.1, -0.05) is 13.0 Å². The summed E-state index contributed by atoms with van der Waals surface area (Å²) in [5.74, 6) is -0.0560. The second-order valence-corrected chi connectivity index (χ2v) is 10.0. The van der Waals surface area contributed by atoms with Gasteiger partial charge in [-0.15, -0.1) is 11.3 Å². The fourth-order valence-corrected chi connectivity index (χ4v) is 4.71. The molecule has 0 bridgehead atoms. The Hall–Kier alpha value is -2.61. The van der Waals surface area contributed by atoms with Crippen molar-refractivity contribution in [2.24, 2.45) is 0 Å². The minimum Gasteiger partial charge on any atom is -0.491 e. The van der Waals surface area contributed by atoms with Gasteiger partial charge in [-0.25, -0.2) is 9.18 Å². The number of benzene rings is 1. The van der Waals surface area contributed by atoms with E-state index >= 15 is 0 Å². The third-order valence-electron chi connectivity index (χ3n) is 5.21. The van der Waals surface area contributed by atoms with Crippen LogP contribution in [0.25, 0.3) is 0 Å². The van der Waals surface area contributed by atoms with Crippen LogP contribution in [0.1, 0.15) is 50.6 Å². The summed E-state index contributed by atoms with van der Waals surface area (Å²) in [5.41, 5.74) is 0.677. The minimum absolute atomic E-state index is 0.00564. The smallest absolute Gasteiger partial charge is 0.318 e. The van der Waals surface area contributed by atoms with Gasteiger partial charge in [-0.3, -0.25) is 4.79 Å². The number of nitrogens with one attached hydrogen (secondary N) is 1. The first-order valence-corrected chi connectivity index (χ1v) is 11.9. The maximum Gasteiger partial charge on any atom is 0.318 e. The summed E-state index contributed by atoms with van der Waals surface area (Å²) < 4.78 is 19.4. The van der Waals surface area contributed by atoms with Crippen molar-refractivity contribution in [3.63, 3.8) is 0 Å². The highest BCUT2D eigenvalue weighted by Gasteiger charge is 2.33. The predicted molar refractivity (Wildman–Crippen MR) is 125 cm³/mol. The summed E-state index contributed by atoms with van der Waals surface area (Å²) in [5, 5.41) is 4.97. The highest BCUT2D eigenvalue weighted by atomic mass is 32.1. The maximum absolute atomic E-state index is 13.5. The molecule has 0 saturated carbocycles. The zero-order valence-corrected chi connectivity index (χ0v) is 20.0. The van der Waals surface area contributed by atoms with E-state index in [1.165, 1.54) is 17.0 Å². The van der Waals surface area contributed by atoms with Gasteiger partial charge in [-0.2, -0.15) is 0 Å². The molecule has 1 unspecified atom stereocenters. The highest BCUT2D eigenvalue weighted by molar-refractivity contribution is 7.10. The van der Waals surface area contributed by atoms with Crippen LogP contribution in [0.2, 0.25) is 0 Å². The Morgan fingerprint density at radius 3 is 2.78 bits per heavy atom. The maximum atomic E-state index is 13.5. The molecule has 0 fully saturated rings. The van der Waals surface area contributed by atoms with Gasteiger partial charge >= 0.3 is 6.03 Å². The van der Waals surface area contributed by atoms with Crippen LogP contribution in [0.15, 0.2) is 35.7 Å². The Labute approximate surface area is 193 Å². The normalized spacial score (nSPS) is 15.8. The van der Waals surface area contributed by atoms with Crippen LogP contribution in [-0.2, 0) is 11.2 Å². The van der Waals surface area contributed by atoms with Crippen LogP contribution in [0.5, 0.6) is 5.75 Å². The fraction of sp³-hybridized carbons (Fsp3) is 0.500. The third kappa shape index (κ3) is 6.22. The largest absolute Gasteiger partial charge is 0.491 e. The zero-order valence-electron chi connectivity index (χ0n) is 19.2. The molecule has 1 aromatic heterocycles. The molecule has 32 heavy (non-hydrogen) atoms. The summed E-state index contributed by atoms with van der Waals surface area (Å²) in [6, 6.07) is 7.50. The second kappa shape index (κ2) is 10.3. The predicted octanol–water partition coefficient (Wildman–Crippen LogP) is 4.61. The van der Waals surface area contributed by atoms with Crippen LogP contribution < -0.4 is 10.1 Å². The van der Waals surface area contributed by atoms with Crippen molar-refractivity contribution >= 4 is 23.3 Å². The fourth-order valence-electron chi connectivity index (χ4n) is 3.78. The van der Waals surface area contributed by atoms with E-state index in [1.54, 1.807) is 33.3 Å². The summed E-state index contributed by atoms with van der Waals surface area (Å²) in [7, 11) is 0. The number of thiophene rings is 1. The monoisotopic (exact) mass is 461 g/mol. The molecule has 6 nitrogen and oxygen atoms in total. The molecule has 1 N–H and O–H groups in total. The first-order chi connectivity index (χ1) is 15.2. The van der Waals surface area contributed by atoms with E-state index < -0.39 is 0 Å². The summed E-state index contributed by atoms with van der Waals surface area (Å²) in [6.45, 7) is 9.01. The van der Waals surface area contributed by atoms with Crippen LogP contribution in [0.3, 0.4) is 0 Å². The molecule has 3 amide bonds. The molecule has 3 rings (SSSR count). The molecule has 8 heteroatoms. The van der Waals surface area contributed by atoms with Crippen molar-refractivity contribution in [2.45, 2.75) is 52.1 Å². The van der Waals surface area contributed by atoms with E-state index in [1.807, 2.05) is 39.1 Å². The molecule has 2 heterocycles. The lowest BCUT2D eigenvalue weighted by Crippen LogP contribution is -2.53. The van der Waals surface area contributed by atoms with Crippen LogP contribution >= 0.6 is 11.3 Å². The first kappa shape index (κ1) is 24.0. The van der Waals surface area contributed by atoms with Crippen molar-refractivity contribution in [2.75, 3.05) is 26.2 Å². The SMILES string of the molecule is CCCN(CC(=O)N1CCc2sccc2C1COc1cccc(F)c1)C(=O)NC(C)(C)C. The molecule has 0 aliphatic carbocycles. The molecule has 1 aliphatic heterocycles. The van der Waals surface area contributed by atoms with Gasteiger partial charge in [0.1, 0.15) is 24.7 Å². The second-order valence-electron chi connectivity index (χ2n) is 9.02. The Balaban J connectivity index is 1.75. The number of nitrogens with zero attached hydrogens (tertiary/aromatic N) is 2. The molecule has 0 radical (unpaired) electrons. The first-order valence-electron chi connectivity index (χ1n) is 11.0. The lowest BCUT2D eigenvalue weighted by molar-refractivity contribution is -0.135. The molecular formula is C24H32FN3O3S. The summed E-state index contributed by atoms with van der Waals surface area (Å²) in [6.07, 6.45) is 1.53. The summed E-state index contributed by atoms with van der Waals surface area (Å²) >= 11 is 1.67. The molecule has 1 aliphatic rings. The Morgan fingerprint density at radius 2 is 2.09 bits per heavy atom. The lowest BCUT2D eigenvalue weighted by atomic mass is 10.0. The number of halogens is 1. The Bertz CT molecular complexity index is 941. The van der Waals surface area contributed by atoms with E-state index in [2.05, 4.69) is 5.32 Å². The van der Waals surface area contributed by atoms with E-state index in [-0.39, 0.29) is 42.5 Å². The topological polar surface area (TPSA) is 61.9 Å². The number of carbonyl (C=O) groups excluding carboxylic acids is 2. The average Bonchev–Trinajstić information content (AvgIpc) is 3.19. The number of amides is 3. The van der Waals surface area contributed by atoms with Crippen molar-refractivity contribution in [3.05, 3.63) is 52.0 Å². The van der Waals surface area contributed by atoms with Gasteiger partial charge in [0.05, 0.1) is 6.04 Å². The summed E-state index contributed by atoms with van der Waals surface area (Å²) in [4.78, 5) is 30.7. The zero-order chi connectivity index (χ0) is 23.3. The highest BCUT2D eigenvalue weighted by Crippen LogP contribution is 2.34. The van der Waals surface area contributed by atoms with Gasteiger partial charge in [0.2, 0.25) is 5.91 Å².